The van der Waals surface area contributed by atoms with Gasteiger partial charge in [0.15, 0.2) is 0 Å². The molecule has 20 heavy (non-hydrogen) atoms. The number of imidazole rings is 1. The molecule has 110 valence electrons. The Balaban J connectivity index is 1.64. The molecule has 0 radical (unpaired) electrons. The van der Waals surface area contributed by atoms with Crippen LogP contribution in [-0.4, -0.2) is 45.5 Å². The highest BCUT2D eigenvalue weighted by Crippen LogP contribution is 2.34. The van der Waals surface area contributed by atoms with E-state index < -0.39 is 0 Å². The van der Waals surface area contributed by atoms with Crippen molar-refractivity contribution in [3.63, 3.8) is 0 Å². The molecule has 5 nitrogen and oxygen atoms in total. The molecule has 1 amide bonds. The second kappa shape index (κ2) is 5.95. The molecule has 1 saturated heterocycles. The van der Waals surface area contributed by atoms with Crippen molar-refractivity contribution in [1.82, 2.24) is 19.8 Å². The Morgan fingerprint density at radius 1 is 1.30 bits per heavy atom. The van der Waals surface area contributed by atoms with Crippen LogP contribution in [0.15, 0.2) is 18.7 Å². The largest absolute Gasteiger partial charge is 0.337 e. The molecule has 0 unspecified atom stereocenters. The van der Waals surface area contributed by atoms with Crippen LogP contribution in [0.3, 0.4) is 0 Å². The smallest absolute Gasteiger partial charge is 0.224 e. The van der Waals surface area contributed by atoms with Crippen molar-refractivity contribution in [2.24, 2.45) is 0 Å². The predicted molar refractivity (Wildman–Crippen MR) is 77.2 cm³/mol. The lowest BCUT2D eigenvalue weighted by Crippen LogP contribution is -2.63. The van der Waals surface area contributed by atoms with Gasteiger partial charge >= 0.3 is 0 Å². The first-order chi connectivity index (χ1) is 9.80. The molecule has 1 aliphatic carbocycles. The number of carbonyl (C=O) groups excluding carboxylic acids is 1. The molecule has 1 aliphatic heterocycles. The molecule has 1 aromatic heterocycles. The minimum Gasteiger partial charge on any atom is -0.337 e. The number of aryl methyl sites for hydroxylation is 1. The van der Waals surface area contributed by atoms with Crippen molar-refractivity contribution in [3.05, 3.63) is 18.7 Å². The van der Waals surface area contributed by atoms with E-state index in [1.807, 2.05) is 10.8 Å². The van der Waals surface area contributed by atoms with Crippen molar-refractivity contribution >= 4 is 5.91 Å². The Kier molecular flexibility index (Phi) is 4.05. The number of nitrogens with one attached hydrogen (secondary N) is 1. The maximum atomic E-state index is 12.6. The summed E-state index contributed by atoms with van der Waals surface area (Å²) >= 11 is 0. The van der Waals surface area contributed by atoms with Gasteiger partial charge in [0.05, 0.1) is 11.9 Å². The minimum atomic E-state index is 0.0997. The summed E-state index contributed by atoms with van der Waals surface area (Å²) in [5.74, 6) is 0.308. The lowest BCUT2D eigenvalue weighted by atomic mass is 9.79. The van der Waals surface area contributed by atoms with Crippen molar-refractivity contribution in [2.75, 3.05) is 19.6 Å². The van der Waals surface area contributed by atoms with Gasteiger partial charge in [-0.2, -0.15) is 0 Å². The fourth-order valence-corrected chi connectivity index (χ4v) is 3.67. The Labute approximate surface area is 120 Å². The topological polar surface area (TPSA) is 50.2 Å². The standard InChI is InChI=1S/C15H24N4O/c20-14(4-9-18-10-7-17-13-18)19-11-8-16-12-15(19)5-2-1-3-6-15/h7,10,13,16H,1-6,8-9,11-12H2. The molecule has 2 fully saturated rings. The number of nitrogens with zero attached hydrogens (tertiary/aromatic N) is 3. The van der Waals surface area contributed by atoms with Crippen LogP contribution in [0, 0.1) is 0 Å². The molecular weight excluding hydrogens is 252 g/mol. The zero-order valence-electron chi connectivity index (χ0n) is 12.1. The Morgan fingerprint density at radius 2 is 2.15 bits per heavy atom. The predicted octanol–water partition coefficient (Wildman–Crippen LogP) is 1.41. The highest BCUT2D eigenvalue weighted by Gasteiger charge is 2.41. The van der Waals surface area contributed by atoms with E-state index >= 15 is 0 Å². The van der Waals surface area contributed by atoms with Crippen LogP contribution in [0.4, 0.5) is 0 Å². The van der Waals surface area contributed by atoms with Crippen molar-refractivity contribution < 1.29 is 4.79 Å². The van der Waals surface area contributed by atoms with Gasteiger partial charge in [-0.05, 0) is 12.8 Å². The van der Waals surface area contributed by atoms with Gasteiger partial charge in [0, 0.05) is 45.0 Å². The molecule has 1 spiro atoms. The summed E-state index contributed by atoms with van der Waals surface area (Å²) in [6.07, 6.45) is 12.2. The maximum absolute atomic E-state index is 12.6. The van der Waals surface area contributed by atoms with Gasteiger partial charge in [0.2, 0.25) is 5.91 Å². The average Bonchev–Trinajstić information content (AvgIpc) is 2.99. The first-order valence-electron chi connectivity index (χ1n) is 7.77. The van der Waals surface area contributed by atoms with Crippen LogP contribution >= 0.6 is 0 Å². The Bertz CT molecular complexity index is 428. The SMILES string of the molecule is O=C(CCn1ccnc1)N1CCNCC12CCCCC2. The third kappa shape index (κ3) is 2.73. The minimum absolute atomic E-state index is 0.0997. The summed E-state index contributed by atoms with van der Waals surface area (Å²) < 4.78 is 1.98. The number of piperazine rings is 1. The summed E-state index contributed by atoms with van der Waals surface area (Å²) in [5, 5.41) is 3.49. The molecule has 1 saturated carbocycles. The van der Waals surface area contributed by atoms with E-state index in [-0.39, 0.29) is 5.54 Å². The van der Waals surface area contributed by atoms with E-state index in [2.05, 4.69) is 15.2 Å². The summed E-state index contributed by atoms with van der Waals surface area (Å²) in [6, 6.07) is 0. The van der Waals surface area contributed by atoms with E-state index in [9.17, 15) is 4.79 Å². The zero-order chi connectivity index (χ0) is 13.8. The maximum Gasteiger partial charge on any atom is 0.224 e. The number of amides is 1. The van der Waals surface area contributed by atoms with Gasteiger partial charge in [-0.15, -0.1) is 0 Å². The van der Waals surface area contributed by atoms with Gasteiger partial charge in [0.1, 0.15) is 0 Å². The number of hydrogen-bond donors (Lipinski definition) is 1. The normalized spacial score (nSPS) is 22.1. The number of rotatable bonds is 3. The van der Waals surface area contributed by atoms with Crippen LogP contribution in [0.5, 0.6) is 0 Å². The molecule has 3 rings (SSSR count). The molecule has 0 atom stereocenters. The number of aromatic nitrogens is 2. The highest BCUT2D eigenvalue weighted by molar-refractivity contribution is 5.77. The molecule has 0 bridgehead atoms. The first kappa shape index (κ1) is 13.6. The van der Waals surface area contributed by atoms with Gasteiger partial charge in [-0.1, -0.05) is 19.3 Å². The fourth-order valence-electron chi connectivity index (χ4n) is 3.67. The van der Waals surface area contributed by atoms with Crippen LogP contribution in [0.2, 0.25) is 0 Å². The Morgan fingerprint density at radius 3 is 2.90 bits per heavy atom. The number of carbonyl (C=O) groups is 1. The van der Waals surface area contributed by atoms with Crippen LogP contribution in [0.1, 0.15) is 38.5 Å². The van der Waals surface area contributed by atoms with Crippen LogP contribution in [-0.2, 0) is 11.3 Å². The molecule has 5 heteroatoms. The summed E-state index contributed by atoms with van der Waals surface area (Å²) in [6.45, 7) is 3.50. The van der Waals surface area contributed by atoms with E-state index in [1.165, 1.54) is 19.3 Å². The van der Waals surface area contributed by atoms with E-state index in [0.717, 1.165) is 39.0 Å². The Hall–Kier alpha value is -1.36. The molecule has 2 heterocycles. The highest BCUT2D eigenvalue weighted by atomic mass is 16.2. The van der Waals surface area contributed by atoms with Crippen LogP contribution < -0.4 is 5.32 Å². The zero-order valence-corrected chi connectivity index (χ0v) is 12.1. The van der Waals surface area contributed by atoms with Gasteiger partial charge in [-0.3, -0.25) is 4.79 Å². The molecule has 1 aromatic rings. The molecule has 0 aromatic carbocycles. The second-order valence-electron chi connectivity index (χ2n) is 6.06. The van der Waals surface area contributed by atoms with Crippen molar-refractivity contribution in [3.8, 4) is 0 Å². The van der Waals surface area contributed by atoms with E-state index in [0.29, 0.717) is 12.3 Å². The summed E-state index contributed by atoms with van der Waals surface area (Å²) in [4.78, 5) is 18.8. The first-order valence-corrected chi connectivity index (χ1v) is 7.77. The van der Waals surface area contributed by atoms with Crippen LogP contribution in [0.25, 0.3) is 0 Å². The van der Waals surface area contributed by atoms with Gasteiger partial charge in [-0.25, -0.2) is 4.98 Å². The van der Waals surface area contributed by atoms with E-state index in [1.54, 1.807) is 12.5 Å². The second-order valence-corrected chi connectivity index (χ2v) is 6.06. The summed E-state index contributed by atoms with van der Waals surface area (Å²) in [7, 11) is 0. The van der Waals surface area contributed by atoms with Crippen molar-refractivity contribution in [2.45, 2.75) is 50.6 Å². The summed E-state index contributed by atoms with van der Waals surface area (Å²) in [5.41, 5.74) is 0.0997. The van der Waals surface area contributed by atoms with Gasteiger partial charge in [0.25, 0.3) is 0 Å². The van der Waals surface area contributed by atoms with Crippen molar-refractivity contribution in [1.29, 1.82) is 0 Å². The molecular formula is C15H24N4O. The average molecular weight is 276 g/mol. The van der Waals surface area contributed by atoms with Gasteiger partial charge < -0.3 is 14.8 Å². The third-order valence-corrected chi connectivity index (χ3v) is 4.77. The lowest BCUT2D eigenvalue weighted by Gasteiger charge is -2.50. The molecule has 1 N–H and O–H groups in total. The molecule has 2 aliphatic rings. The monoisotopic (exact) mass is 276 g/mol. The third-order valence-electron chi connectivity index (χ3n) is 4.77. The van der Waals surface area contributed by atoms with E-state index in [4.69, 9.17) is 0 Å². The number of hydrogen-bond acceptors (Lipinski definition) is 3. The fraction of sp³-hybridized carbons (Fsp3) is 0.733. The quantitative estimate of drug-likeness (QED) is 0.908. The lowest BCUT2D eigenvalue weighted by molar-refractivity contribution is -0.141.